The highest BCUT2D eigenvalue weighted by atomic mass is 16.7. The Hall–Kier alpha value is -3.48. The van der Waals surface area contributed by atoms with Gasteiger partial charge in [-0.2, -0.15) is 0 Å². The second-order valence-electron chi connectivity index (χ2n) is 6.92. The number of carbonyl (C=O) groups excluding carboxylic acids is 1. The van der Waals surface area contributed by atoms with Gasteiger partial charge in [0.1, 0.15) is 18.1 Å². The summed E-state index contributed by atoms with van der Waals surface area (Å²) < 4.78 is 26.7. The molecule has 1 aliphatic rings. The fourth-order valence-corrected chi connectivity index (χ4v) is 2.85. The van der Waals surface area contributed by atoms with Crippen LogP contribution in [0.15, 0.2) is 53.1 Å². The third kappa shape index (κ3) is 4.51. The molecule has 2 aromatic carbocycles. The van der Waals surface area contributed by atoms with E-state index < -0.39 is 5.97 Å². The lowest BCUT2D eigenvalue weighted by Crippen LogP contribution is -2.14. The minimum Gasteiger partial charge on any atom is -0.482 e. The smallest absolute Gasteiger partial charge is 0.344 e. The van der Waals surface area contributed by atoms with E-state index in [1.165, 1.54) is 5.56 Å². The first-order valence-corrected chi connectivity index (χ1v) is 9.32. The maximum Gasteiger partial charge on any atom is 0.344 e. The standard InChI is InChI=1S/C22H21NO6/c1-14(2)15-3-6-18(7-4-15)25-12-22(24)26-11-17-10-20(29-23-17)16-5-8-19-21(9-16)28-13-27-19/h3-10,14H,11-13H2,1-2H3. The van der Waals surface area contributed by atoms with E-state index in [0.717, 1.165) is 5.56 Å². The molecule has 0 radical (unpaired) electrons. The summed E-state index contributed by atoms with van der Waals surface area (Å²) in [4.78, 5) is 11.9. The average Bonchev–Trinajstić information content (AvgIpc) is 3.39. The molecule has 2 heterocycles. The van der Waals surface area contributed by atoms with Crippen LogP contribution in [-0.4, -0.2) is 24.5 Å². The highest BCUT2D eigenvalue weighted by Gasteiger charge is 2.16. The summed E-state index contributed by atoms with van der Waals surface area (Å²) in [5.74, 6) is 2.49. The maximum atomic E-state index is 11.9. The lowest BCUT2D eigenvalue weighted by atomic mass is 10.0. The molecule has 1 aliphatic heterocycles. The van der Waals surface area contributed by atoms with Gasteiger partial charge in [-0.25, -0.2) is 4.79 Å². The molecule has 150 valence electrons. The van der Waals surface area contributed by atoms with Crippen LogP contribution in [0.3, 0.4) is 0 Å². The fraction of sp³-hybridized carbons (Fsp3) is 0.273. The second kappa shape index (κ2) is 8.26. The highest BCUT2D eigenvalue weighted by molar-refractivity contribution is 5.71. The number of nitrogens with zero attached hydrogens (tertiary/aromatic N) is 1. The molecule has 0 fully saturated rings. The van der Waals surface area contributed by atoms with Crippen LogP contribution in [0.25, 0.3) is 11.3 Å². The Labute approximate surface area is 168 Å². The van der Waals surface area contributed by atoms with E-state index in [1.54, 1.807) is 6.07 Å². The number of hydrogen-bond acceptors (Lipinski definition) is 7. The Kier molecular flexibility index (Phi) is 5.37. The van der Waals surface area contributed by atoms with Crippen molar-refractivity contribution in [2.45, 2.75) is 26.4 Å². The topological polar surface area (TPSA) is 80.0 Å². The molecule has 0 bridgehead atoms. The Balaban J connectivity index is 1.27. The Morgan fingerprint density at radius 2 is 1.86 bits per heavy atom. The summed E-state index contributed by atoms with van der Waals surface area (Å²) in [5.41, 5.74) is 2.52. The minimum atomic E-state index is -0.481. The Morgan fingerprint density at radius 3 is 2.66 bits per heavy atom. The first kappa shape index (κ1) is 18.9. The third-order valence-electron chi connectivity index (χ3n) is 4.50. The fourth-order valence-electron chi connectivity index (χ4n) is 2.85. The van der Waals surface area contributed by atoms with Gasteiger partial charge in [0, 0.05) is 11.6 Å². The SMILES string of the molecule is CC(C)c1ccc(OCC(=O)OCc2cc(-c3ccc4c(c3)OCO4)on2)cc1. The van der Waals surface area contributed by atoms with Gasteiger partial charge in [0.25, 0.3) is 0 Å². The van der Waals surface area contributed by atoms with Gasteiger partial charge in [0.05, 0.1) is 0 Å². The van der Waals surface area contributed by atoms with Gasteiger partial charge < -0.3 is 23.5 Å². The van der Waals surface area contributed by atoms with Gasteiger partial charge in [-0.1, -0.05) is 31.1 Å². The van der Waals surface area contributed by atoms with Crippen molar-refractivity contribution < 1.29 is 28.3 Å². The van der Waals surface area contributed by atoms with Crippen LogP contribution in [0, 0.1) is 0 Å². The zero-order valence-corrected chi connectivity index (χ0v) is 16.2. The van der Waals surface area contributed by atoms with Gasteiger partial charge in [-0.3, -0.25) is 0 Å². The summed E-state index contributed by atoms with van der Waals surface area (Å²) in [6.45, 7) is 4.28. The van der Waals surface area contributed by atoms with Crippen molar-refractivity contribution in [2.24, 2.45) is 0 Å². The molecule has 7 heteroatoms. The third-order valence-corrected chi connectivity index (χ3v) is 4.50. The molecule has 0 saturated carbocycles. The largest absolute Gasteiger partial charge is 0.482 e. The number of hydrogen-bond donors (Lipinski definition) is 0. The second-order valence-corrected chi connectivity index (χ2v) is 6.92. The average molecular weight is 395 g/mol. The van der Waals surface area contributed by atoms with E-state index in [2.05, 4.69) is 19.0 Å². The van der Waals surface area contributed by atoms with Crippen LogP contribution >= 0.6 is 0 Å². The lowest BCUT2D eigenvalue weighted by molar-refractivity contribution is -0.147. The first-order valence-electron chi connectivity index (χ1n) is 9.32. The van der Waals surface area contributed by atoms with Crippen molar-refractivity contribution in [1.29, 1.82) is 0 Å². The molecule has 0 N–H and O–H groups in total. The van der Waals surface area contributed by atoms with Crippen LogP contribution in [0.2, 0.25) is 0 Å². The summed E-state index contributed by atoms with van der Waals surface area (Å²) >= 11 is 0. The number of ether oxygens (including phenoxy) is 4. The summed E-state index contributed by atoms with van der Waals surface area (Å²) in [6.07, 6.45) is 0. The van der Waals surface area contributed by atoms with E-state index in [4.69, 9.17) is 23.5 Å². The molecular formula is C22H21NO6. The predicted molar refractivity (Wildman–Crippen MR) is 104 cm³/mol. The molecular weight excluding hydrogens is 374 g/mol. The number of benzene rings is 2. The number of esters is 1. The monoisotopic (exact) mass is 395 g/mol. The first-order chi connectivity index (χ1) is 14.1. The van der Waals surface area contributed by atoms with E-state index in [-0.39, 0.29) is 20.0 Å². The quantitative estimate of drug-likeness (QED) is 0.551. The molecule has 0 atom stereocenters. The van der Waals surface area contributed by atoms with E-state index in [0.29, 0.717) is 34.6 Å². The summed E-state index contributed by atoms with van der Waals surface area (Å²) in [6, 6.07) is 14.9. The van der Waals surface area contributed by atoms with Crippen molar-refractivity contribution in [1.82, 2.24) is 5.16 Å². The van der Waals surface area contributed by atoms with Crippen molar-refractivity contribution in [2.75, 3.05) is 13.4 Å². The molecule has 1 aromatic heterocycles. The Bertz CT molecular complexity index is 993. The Morgan fingerprint density at radius 1 is 1.07 bits per heavy atom. The van der Waals surface area contributed by atoms with Gasteiger partial charge in [0.15, 0.2) is 23.9 Å². The molecule has 0 aliphatic carbocycles. The molecule has 7 nitrogen and oxygen atoms in total. The van der Waals surface area contributed by atoms with Crippen LogP contribution in [0.4, 0.5) is 0 Å². The number of rotatable bonds is 7. The highest BCUT2D eigenvalue weighted by Crippen LogP contribution is 2.36. The molecule has 29 heavy (non-hydrogen) atoms. The molecule has 4 rings (SSSR count). The summed E-state index contributed by atoms with van der Waals surface area (Å²) in [7, 11) is 0. The van der Waals surface area contributed by atoms with Gasteiger partial charge in [0.2, 0.25) is 6.79 Å². The molecule has 0 amide bonds. The van der Waals surface area contributed by atoms with Gasteiger partial charge in [-0.05, 0) is 41.8 Å². The zero-order chi connectivity index (χ0) is 20.2. The number of aromatic nitrogens is 1. The summed E-state index contributed by atoms with van der Waals surface area (Å²) in [5, 5.41) is 3.94. The van der Waals surface area contributed by atoms with Crippen LogP contribution < -0.4 is 14.2 Å². The van der Waals surface area contributed by atoms with Crippen molar-refractivity contribution in [3.63, 3.8) is 0 Å². The lowest BCUT2D eigenvalue weighted by Gasteiger charge is -2.08. The van der Waals surface area contributed by atoms with E-state index >= 15 is 0 Å². The van der Waals surface area contributed by atoms with Gasteiger partial charge >= 0.3 is 5.97 Å². The number of carbonyl (C=O) groups is 1. The molecule has 3 aromatic rings. The van der Waals surface area contributed by atoms with E-state index in [1.807, 2.05) is 42.5 Å². The van der Waals surface area contributed by atoms with Crippen molar-refractivity contribution in [3.05, 3.63) is 59.8 Å². The van der Waals surface area contributed by atoms with Crippen LogP contribution in [0.1, 0.15) is 31.0 Å². The molecule has 0 saturated heterocycles. The van der Waals surface area contributed by atoms with Crippen molar-refractivity contribution in [3.8, 4) is 28.6 Å². The predicted octanol–water partition coefficient (Wildman–Crippen LogP) is 4.32. The van der Waals surface area contributed by atoms with Crippen molar-refractivity contribution >= 4 is 5.97 Å². The minimum absolute atomic E-state index is 0.00251. The molecule has 0 spiro atoms. The normalized spacial score (nSPS) is 12.2. The maximum absolute atomic E-state index is 11.9. The van der Waals surface area contributed by atoms with Gasteiger partial charge in [-0.15, -0.1) is 0 Å². The molecule has 0 unspecified atom stereocenters. The number of fused-ring (bicyclic) bond motifs is 1. The van der Waals surface area contributed by atoms with E-state index in [9.17, 15) is 4.79 Å². The zero-order valence-electron chi connectivity index (χ0n) is 16.2. The van der Waals surface area contributed by atoms with Crippen LogP contribution in [-0.2, 0) is 16.1 Å². The van der Waals surface area contributed by atoms with Crippen LogP contribution in [0.5, 0.6) is 17.2 Å².